The summed E-state index contributed by atoms with van der Waals surface area (Å²) in [5.41, 5.74) is 2.51. The number of hydrogen-bond donors (Lipinski definition) is 0. The number of esters is 1. The molecule has 2 fully saturated rings. The summed E-state index contributed by atoms with van der Waals surface area (Å²) in [7, 11) is 0. The third kappa shape index (κ3) is 6.49. The number of thioether (sulfide) groups is 1. The first-order valence-electron chi connectivity index (χ1n) is 15.1. The second-order valence-electron chi connectivity index (χ2n) is 11.5. The fraction of sp³-hybridized carbons (Fsp3) is 0.500. The molecule has 3 aromatic rings. The van der Waals surface area contributed by atoms with Crippen molar-refractivity contribution < 1.29 is 18.7 Å². The number of amides is 1. The summed E-state index contributed by atoms with van der Waals surface area (Å²) in [4.78, 5) is 47.9. The van der Waals surface area contributed by atoms with Gasteiger partial charge >= 0.3 is 5.97 Å². The normalized spacial score (nSPS) is 18.0. The molecule has 2 aromatic heterocycles. The molecule has 222 valence electrons. The molecule has 10 heteroatoms. The average molecular weight is 591 g/mol. The molecule has 0 bridgehead atoms. The predicted molar refractivity (Wildman–Crippen MR) is 159 cm³/mol. The molecular formula is C32H38N4O5S. The lowest BCUT2D eigenvalue weighted by atomic mass is 9.96. The van der Waals surface area contributed by atoms with Crippen LogP contribution < -0.4 is 10.3 Å². The fourth-order valence-corrected chi connectivity index (χ4v) is 7.34. The maximum absolute atomic E-state index is 13.9. The van der Waals surface area contributed by atoms with Gasteiger partial charge in [-0.3, -0.25) is 23.9 Å². The number of hydrogen-bond acceptors (Lipinski definition) is 8. The molecular weight excluding hydrogens is 552 g/mol. The molecule has 0 N–H and O–H groups in total. The second kappa shape index (κ2) is 12.9. The van der Waals surface area contributed by atoms with Gasteiger partial charge in [0, 0.05) is 44.3 Å². The molecule has 2 aliphatic heterocycles. The van der Waals surface area contributed by atoms with E-state index in [1.54, 1.807) is 29.5 Å². The number of ether oxygens (including phenoxy) is 1. The number of fused-ring (bicyclic) bond motifs is 1. The molecule has 42 heavy (non-hydrogen) atoms. The van der Waals surface area contributed by atoms with E-state index in [2.05, 4.69) is 4.90 Å². The van der Waals surface area contributed by atoms with Gasteiger partial charge in [0.1, 0.15) is 11.5 Å². The molecule has 0 unspecified atom stereocenters. The highest BCUT2D eigenvalue weighted by Crippen LogP contribution is 2.33. The van der Waals surface area contributed by atoms with Gasteiger partial charge in [-0.1, -0.05) is 50.1 Å². The van der Waals surface area contributed by atoms with Crippen molar-refractivity contribution in [3.8, 4) is 5.75 Å². The van der Waals surface area contributed by atoms with Gasteiger partial charge < -0.3 is 14.1 Å². The zero-order valence-corrected chi connectivity index (χ0v) is 24.9. The summed E-state index contributed by atoms with van der Waals surface area (Å²) in [6, 6.07) is 11.2. The second-order valence-corrected chi connectivity index (χ2v) is 12.8. The van der Waals surface area contributed by atoms with Crippen molar-refractivity contribution in [1.82, 2.24) is 19.4 Å². The van der Waals surface area contributed by atoms with Gasteiger partial charge in [-0.05, 0) is 42.7 Å². The van der Waals surface area contributed by atoms with E-state index in [-0.39, 0.29) is 23.4 Å². The average Bonchev–Trinajstić information content (AvgIpc) is 3.51. The van der Waals surface area contributed by atoms with E-state index in [9.17, 15) is 14.4 Å². The van der Waals surface area contributed by atoms with E-state index in [1.165, 1.54) is 19.3 Å². The van der Waals surface area contributed by atoms with E-state index >= 15 is 0 Å². The van der Waals surface area contributed by atoms with Gasteiger partial charge in [-0.2, -0.15) is 0 Å². The van der Waals surface area contributed by atoms with Crippen LogP contribution in [0.5, 0.6) is 5.75 Å². The Morgan fingerprint density at radius 3 is 2.57 bits per heavy atom. The van der Waals surface area contributed by atoms with E-state index in [0.29, 0.717) is 62.1 Å². The monoisotopic (exact) mass is 590 g/mol. The molecule has 1 aliphatic carbocycles. The van der Waals surface area contributed by atoms with E-state index in [0.717, 1.165) is 41.6 Å². The Labute approximate surface area is 250 Å². The third-order valence-corrected chi connectivity index (χ3v) is 9.79. The van der Waals surface area contributed by atoms with Crippen LogP contribution in [0.25, 0.3) is 0 Å². The Hall–Kier alpha value is -3.37. The van der Waals surface area contributed by atoms with Crippen molar-refractivity contribution >= 4 is 23.6 Å². The SMILES string of the molecule is CCC(=O)Oc1ccc(CN2CC(C(=O)N3CCc4nc(SC5CCCCC5)n(Cc5ccco5)c(=O)c4C3)C2)cc1. The van der Waals surface area contributed by atoms with Gasteiger partial charge in [-0.15, -0.1) is 0 Å². The summed E-state index contributed by atoms with van der Waals surface area (Å²) >= 11 is 1.73. The van der Waals surface area contributed by atoms with Gasteiger partial charge in [0.2, 0.25) is 5.91 Å². The van der Waals surface area contributed by atoms with Crippen LogP contribution in [0.1, 0.15) is 68.0 Å². The van der Waals surface area contributed by atoms with Crippen molar-refractivity contribution in [2.75, 3.05) is 19.6 Å². The lowest BCUT2D eigenvalue weighted by Crippen LogP contribution is -2.55. The molecule has 9 nitrogen and oxygen atoms in total. The smallest absolute Gasteiger partial charge is 0.310 e. The quantitative estimate of drug-likeness (QED) is 0.202. The van der Waals surface area contributed by atoms with E-state index in [4.69, 9.17) is 14.1 Å². The Balaban J connectivity index is 1.10. The molecule has 0 atom stereocenters. The highest BCUT2D eigenvalue weighted by atomic mass is 32.2. The van der Waals surface area contributed by atoms with Crippen LogP contribution in [-0.4, -0.2) is 56.1 Å². The van der Waals surface area contributed by atoms with E-state index in [1.807, 2.05) is 41.3 Å². The zero-order chi connectivity index (χ0) is 29.1. The largest absolute Gasteiger partial charge is 0.467 e. The first-order chi connectivity index (χ1) is 20.5. The van der Waals surface area contributed by atoms with Crippen LogP contribution in [0.2, 0.25) is 0 Å². The van der Waals surface area contributed by atoms with Crippen molar-refractivity contribution in [3.05, 3.63) is 75.6 Å². The van der Waals surface area contributed by atoms with Crippen LogP contribution in [0, 0.1) is 5.92 Å². The minimum atomic E-state index is -0.252. The molecule has 3 aliphatic rings. The maximum atomic E-state index is 13.9. The minimum absolute atomic E-state index is 0.0597. The van der Waals surface area contributed by atoms with Crippen LogP contribution in [-0.2, 0) is 35.6 Å². The summed E-state index contributed by atoms with van der Waals surface area (Å²) in [5, 5.41) is 1.25. The minimum Gasteiger partial charge on any atom is -0.467 e. The Morgan fingerprint density at radius 1 is 1.07 bits per heavy atom. The lowest BCUT2D eigenvalue weighted by Gasteiger charge is -2.41. The van der Waals surface area contributed by atoms with Crippen LogP contribution >= 0.6 is 11.8 Å². The van der Waals surface area contributed by atoms with Crippen molar-refractivity contribution in [1.29, 1.82) is 0 Å². The molecule has 1 saturated carbocycles. The van der Waals surface area contributed by atoms with Crippen LogP contribution in [0.4, 0.5) is 0 Å². The molecule has 0 spiro atoms. The van der Waals surface area contributed by atoms with Gasteiger partial charge in [0.15, 0.2) is 5.16 Å². The highest BCUT2D eigenvalue weighted by molar-refractivity contribution is 7.99. The third-order valence-electron chi connectivity index (χ3n) is 8.47. The van der Waals surface area contributed by atoms with Crippen molar-refractivity contribution in [2.45, 2.75) is 81.9 Å². The number of nitrogens with zero attached hydrogens (tertiary/aromatic N) is 4. The molecule has 1 amide bonds. The molecule has 0 radical (unpaired) electrons. The maximum Gasteiger partial charge on any atom is 0.310 e. The first-order valence-corrected chi connectivity index (χ1v) is 16.0. The number of benzene rings is 1. The lowest BCUT2D eigenvalue weighted by molar-refractivity contribution is -0.142. The zero-order valence-electron chi connectivity index (χ0n) is 24.1. The molecule has 6 rings (SSSR count). The Kier molecular flexibility index (Phi) is 8.81. The number of carbonyl (C=O) groups excluding carboxylic acids is 2. The van der Waals surface area contributed by atoms with Gasteiger partial charge in [0.25, 0.3) is 5.56 Å². The molecule has 4 heterocycles. The Morgan fingerprint density at radius 2 is 1.86 bits per heavy atom. The fourth-order valence-electron chi connectivity index (χ4n) is 6.04. The number of furan rings is 1. The topological polar surface area (TPSA) is 97.9 Å². The van der Waals surface area contributed by atoms with Crippen LogP contribution in [0.3, 0.4) is 0 Å². The van der Waals surface area contributed by atoms with Crippen molar-refractivity contribution in [2.24, 2.45) is 5.92 Å². The predicted octanol–water partition coefficient (Wildman–Crippen LogP) is 4.64. The molecule has 1 aromatic carbocycles. The highest BCUT2D eigenvalue weighted by Gasteiger charge is 2.37. The standard InChI is InChI=1S/C32H38N4O5S/c1-2-29(37)41-24-12-10-22(11-13-24)17-34-18-23(19-34)30(38)35-15-14-28-27(21-35)31(39)36(20-25-7-6-16-40-25)32(33-28)42-26-8-4-3-5-9-26/h6-7,10-13,16,23,26H,2-5,8-9,14-15,17-21H2,1H3. The summed E-state index contributed by atoms with van der Waals surface area (Å²) in [6.07, 6.45) is 8.60. The first kappa shape index (κ1) is 28.7. The summed E-state index contributed by atoms with van der Waals surface area (Å²) in [6.45, 7) is 5.11. The number of likely N-dealkylation sites (tertiary alicyclic amines) is 1. The van der Waals surface area contributed by atoms with Gasteiger partial charge in [0.05, 0.1) is 36.5 Å². The number of aromatic nitrogens is 2. The Bertz CT molecular complexity index is 1460. The summed E-state index contributed by atoms with van der Waals surface area (Å²) in [5.74, 6) is 1.05. The summed E-state index contributed by atoms with van der Waals surface area (Å²) < 4.78 is 12.6. The number of carbonyl (C=O) groups is 2. The number of rotatable bonds is 9. The van der Waals surface area contributed by atoms with E-state index < -0.39 is 0 Å². The van der Waals surface area contributed by atoms with Crippen molar-refractivity contribution in [3.63, 3.8) is 0 Å². The molecule has 1 saturated heterocycles. The van der Waals surface area contributed by atoms with Gasteiger partial charge in [-0.25, -0.2) is 4.98 Å². The van der Waals surface area contributed by atoms with Crippen LogP contribution in [0.15, 0.2) is 57.0 Å².